The second-order valence-corrected chi connectivity index (χ2v) is 3.51. The number of hydrogen-bond acceptors (Lipinski definition) is 3. The van der Waals surface area contributed by atoms with Crippen molar-refractivity contribution in [2.75, 3.05) is 7.05 Å². The molecule has 1 atom stereocenters. The van der Waals surface area contributed by atoms with Crippen LogP contribution < -0.4 is 5.32 Å². The monoisotopic (exact) mass is 177 g/mol. The second-order valence-electron chi connectivity index (χ2n) is 3.51. The quantitative estimate of drug-likeness (QED) is 0.660. The Hall–Kier alpha value is -0.960. The number of hydrogen-bond donors (Lipinski definition) is 1. The Morgan fingerprint density at radius 1 is 1.46 bits per heavy atom. The summed E-state index contributed by atoms with van der Waals surface area (Å²) >= 11 is 0. The molecule has 70 valence electrons. The Balaban J connectivity index is 2.35. The summed E-state index contributed by atoms with van der Waals surface area (Å²) in [5, 5.41) is 3.32. The molecular weight excluding hydrogens is 162 g/mol. The average Bonchev–Trinajstić information content (AvgIpc) is 2.39. The molecule has 3 nitrogen and oxygen atoms in total. The largest absolute Gasteiger partial charge is 0.313 e. The van der Waals surface area contributed by atoms with E-state index in [2.05, 4.69) is 15.3 Å². The zero-order valence-electron chi connectivity index (χ0n) is 7.95. The molecule has 1 aliphatic carbocycles. The molecule has 0 bridgehead atoms. The van der Waals surface area contributed by atoms with Crippen LogP contribution in [0.1, 0.15) is 36.6 Å². The maximum atomic E-state index is 4.33. The summed E-state index contributed by atoms with van der Waals surface area (Å²) in [5.74, 6) is 0. The van der Waals surface area contributed by atoms with Crippen LogP contribution >= 0.6 is 0 Å². The van der Waals surface area contributed by atoms with Crippen LogP contribution in [0.5, 0.6) is 0 Å². The molecule has 1 heterocycles. The van der Waals surface area contributed by atoms with Crippen LogP contribution in [0, 0.1) is 0 Å². The number of nitrogens with zero attached hydrogens (tertiary/aromatic N) is 2. The van der Waals surface area contributed by atoms with Crippen LogP contribution in [-0.2, 0) is 6.42 Å². The van der Waals surface area contributed by atoms with E-state index < -0.39 is 0 Å². The van der Waals surface area contributed by atoms with Crippen LogP contribution in [-0.4, -0.2) is 17.0 Å². The molecule has 0 aromatic carbocycles. The van der Waals surface area contributed by atoms with Gasteiger partial charge in [0.15, 0.2) is 0 Å². The first-order valence-electron chi connectivity index (χ1n) is 4.88. The summed E-state index contributed by atoms with van der Waals surface area (Å²) in [6.45, 7) is 0. The molecule has 13 heavy (non-hydrogen) atoms. The fourth-order valence-corrected chi connectivity index (χ4v) is 1.96. The third-order valence-electron chi connectivity index (χ3n) is 2.71. The lowest BCUT2D eigenvalue weighted by Crippen LogP contribution is -2.17. The third-order valence-corrected chi connectivity index (χ3v) is 2.71. The van der Waals surface area contributed by atoms with Crippen molar-refractivity contribution in [2.45, 2.75) is 31.7 Å². The highest BCUT2D eigenvalue weighted by Crippen LogP contribution is 2.25. The highest BCUT2D eigenvalue weighted by molar-refractivity contribution is 5.21. The molecule has 2 rings (SSSR count). The summed E-state index contributed by atoms with van der Waals surface area (Å²) in [6.07, 6.45) is 8.45. The van der Waals surface area contributed by atoms with E-state index in [0.29, 0.717) is 6.04 Å². The minimum Gasteiger partial charge on any atom is -0.313 e. The Kier molecular flexibility index (Phi) is 2.54. The zero-order valence-corrected chi connectivity index (χ0v) is 7.95. The summed E-state index contributed by atoms with van der Waals surface area (Å²) in [7, 11) is 2.01. The van der Waals surface area contributed by atoms with Crippen molar-refractivity contribution in [1.82, 2.24) is 15.3 Å². The van der Waals surface area contributed by atoms with E-state index in [4.69, 9.17) is 0 Å². The predicted octanol–water partition coefficient (Wildman–Crippen LogP) is 1.46. The van der Waals surface area contributed by atoms with Gasteiger partial charge in [-0.05, 0) is 26.3 Å². The van der Waals surface area contributed by atoms with Gasteiger partial charge in [0.05, 0.1) is 0 Å². The lowest BCUT2D eigenvalue weighted by molar-refractivity contribution is 0.532. The molecule has 0 saturated heterocycles. The normalized spacial score (nSPS) is 22.1. The lowest BCUT2D eigenvalue weighted by atomic mass is 10.1. The summed E-state index contributed by atoms with van der Waals surface area (Å²) in [5.41, 5.74) is 2.52. The molecule has 3 heteroatoms. The van der Waals surface area contributed by atoms with E-state index in [1.54, 1.807) is 6.33 Å². The molecule has 0 fully saturated rings. The van der Waals surface area contributed by atoms with Crippen molar-refractivity contribution in [3.05, 3.63) is 23.8 Å². The first-order chi connectivity index (χ1) is 6.42. The summed E-state index contributed by atoms with van der Waals surface area (Å²) in [4.78, 5) is 8.41. The number of rotatable bonds is 1. The van der Waals surface area contributed by atoms with Gasteiger partial charge >= 0.3 is 0 Å². The topological polar surface area (TPSA) is 37.8 Å². The number of nitrogens with one attached hydrogen (secondary N) is 1. The number of fused-ring (bicyclic) bond motifs is 1. The van der Waals surface area contributed by atoms with E-state index in [-0.39, 0.29) is 0 Å². The van der Waals surface area contributed by atoms with Crippen molar-refractivity contribution < 1.29 is 0 Å². The number of aromatic nitrogens is 2. The minimum atomic E-state index is 0.457. The zero-order chi connectivity index (χ0) is 9.10. The maximum absolute atomic E-state index is 4.33. The summed E-state index contributed by atoms with van der Waals surface area (Å²) < 4.78 is 0. The molecule has 0 amide bonds. The molecule has 1 aromatic heterocycles. The van der Waals surface area contributed by atoms with Gasteiger partial charge in [0.1, 0.15) is 6.33 Å². The van der Waals surface area contributed by atoms with Crippen molar-refractivity contribution in [3.63, 3.8) is 0 Å². The first-order valence-corrected chi connectivity index (χ1v) is 4.88. The van der Waals surface area contributed by atoms with Crippen molar-refractivity contribution >= 4 is 0 Å². The average molecular weight is 177 g/mol. The van der Waals surface area contributed by atoms with Gasteiger partial charge in [0.25, 0.3) is 0 Å². The smallest absolute Gasteiger partial charge is 0.115 e. The molecule has 0 radical (unpaired) electrons. The standard InChI is InChI=1S/C10H15N3/c1-11-9-4-2-3-5-10-8(9)6-12-7-13-10/h6-7,9,11H,2-5H2,1H3. The van der Waals surface area contributed by atoms with Gasteiger partial charge in [-0.2, -0.15) is 0 Å². The Morgan fingerprint density at radius 3 is 3.23 bits per heavy atom. The second kappa shape index (κ2) is 3.83. The Morgan fingerprint density at radius 2 is 2.38 bits per heavy atom. The Labute approximate surface area is 78.6 Å². The SMILES string of the molecule is CNC1CCCCc2ncncc21. The van der Waals surface area contributed by atoms with Crippen LogP contribution in [0.2, 0.25) is 0 Å². The van der Waals surface area contributed by atoms with Gasteiger partial charge in [-0.15, -0.1) is 0 Å². The van der Waals surface area contributed by atoms with Gasteiger partial charge in [-0.1, -0.05) is 6.42 Å². The molecule has 0 saturated carbocycles. The minimum absolute atomic E-state index is 0.457. The molecular formula is C10H15N3. The van der Waals surface area contributed by atoms with Crippen LogP contribution in [0.3, 0.4) is 0 Å². The lowest BCUT2D eigenvalue weighted by Gasteiger charge is -2.14. The van der Waals surface area contributed by atoms with Gasteiger partial charge in [0.2, 0.25) is 0 Å². The Bertz CT molecular complexity index is 285. The highest BCUT2D eigenvalue weighted by atomic mass is 14.9. The molecule has 1 N–H and O–H groups in total. The van der Waals surface area contributed by atoms with E-state index in [9.17, 15) is 0 Å². The summed E-state index contributed by atoms with van der Waals surface area (Å²) in [6, 6.07) is 0.457. The molecule has 1 aliphatic rings. The van der Waals surface area contributed by atoms with Crippen LogP contribution in [0.15, 0.2) is 12.5 Å². The van der Waals surface area contributed by atoms with E-state index in [1.165, 1.54) is 30.5 Å². The fourth-order valence-electron chi connectivity index (χ4n) is 1.96. The molecule has 1 aromatic rings. The van der Waals surface area contributed by atoms with Gasteiger partial charge in [-0.25, -0.2) is 9.97 Å². The predicted molar refractivity (Wildman–Crippen MR) is 51.4 cm³/mol. The van der Waals surface area contributed by atoms with Crippen molar-refractivity contribution in [1.29, 1.82) is 0 Å². The van der Waals surface area contributed by atoms with Gasteiger partial charge in [0, 0.05) is 23.5 Å². The van der Waals surface area contributed by atoms with Crippen molar-refractivity contribution in [2.24, 2.45) is 0 Å². The molecule has 0 spiro atoms. The van der Waals surface area contributed by atoms with E-state index in [1.807, 2.05) is 13.2 Å². The van der Waals surface area contributed by atoms with E-state index in [0.717, 1.165) is 6.42 Å². The van der Waals surface area contributed by atoms with Crippen LogP contribution in [0.4, 0.5) is 0 Å². The third kappa shape index (κ3) is 1.70. The van der Waals surface area contributed by atoms with Crippen LogP contribution in [0.25, 0.3) is 0 Å². The van der Waals surface area contributed by atoms with Crippen molar-refractivity contribution in [3.8, 4) is 0 Å². The highest BCUT2D eigenvalue weighted by Gasteiger charge is 2.17. The first kappa shape index (κ1) is 8.63. The van der Waals surface area contributed by atoms with Gasteiger partial charge < -0.3 is 5.32 Å². The molecule has 0 aliphatic heterocycles. The number of aryl methyl sites for hydroxylation is 1. The van der Waals surface area contributed by atoms with Gasteiger partial charge in [-0.3, -0.25) is 0 Å². The molecule has 1 unspecified atom stereocenters. The van der Waals surface area contributed by atoms with E-state index >= 15 is 0 Å². The maximum Gasteiger partial charge on any atom is 0.115 e. The fraction of sp³-hybridized carbons (Fsp3) is 0.600.